The van der Waals surface area contributed by atoms with Gasteiger partial charge in [-0.05, 0) is 51.5 Å². The highest BCUT2D eigenvalue weighted by atomic mass is 16.5. The van der Waals surface area contributed by atoms with Crippen LogP contribution in [0.5, 0.6) is 0 Å². The molecule has 3 saturated heterocycles. The summed E-state index contributed by atoms with van der Waals surface area (Å²) in [6, 6.07) is 1.95. The Hall–Kier alpha value is -2.44. The molecule has 2 aromatic heterocycles. The van der Waals surface area contributed by atoms with Crippen LogP contribution in [-0.2, 0) is 4.79 Å². The second-order valence-electron chi connectivity index (χ2n) is 8.33. The first-order valence-electron chi connectivity index (χ1n) is 9.84. The van der Waals surface area contributed by atoms with E-state index in [0.29, 0.717) is 41.4 Å². The number of fused-ring (bicyclic) bond motifs is 5. The third kappa shape index (κ3) is 2.80. The Balaban J connectivity index is 1.48. The number of nitrogens with zero attached hydrogens (tertiary/aromatic N) is 4. The lowest BCUT2D eigenvalue weighted by atomic mass is 9.94. The number of hydrogen-bond acceptors (Lipinski definition) is 5. The summed E-state index contributed by atoms with van der Waals surface area (Å²) in [4.78, 5) is 34.6. The minimum absolute atomic E-state index is 0.0465. The van der Waals surface area contributed by atoms with Crippen molar-refractivity contribution in [2.45, 2.75) is 45.6 Å². The van der Waals surface area contributed by atoms with Gasteiger partial charge in [-0.15, -0.1) is 0 Å². The molecular weight excluding hydrogens is 344 g/mol. The number of rotatable bonds is 3. The number of hydrogen-bond donors (Lipinski definition) is 0. The van der Waals surface area contributed by atoms with Crippen LogP contribution in [0.3, 0.4) is 0 Å². The van der Waals surface area contributed by atoms with Crippen molar-refractivity contribution in [3.05, 3.63) is 23.0 Å². The van der Waals surface area contributed by atoms with E-state index in [1.165, 1.54) is 12.8 Å². The Morgan fingerprint density at radius 1 is 1.22 bits per heavy atom. The average molecular weight is 368 g/mol. The Morgan fingerprint density at radius 3 is 2.81 bits per heavy atom. The van der Waals surface area contributed by atoms with E-state index in [-0.39, 0.29) is 23.8 Å². The van der Waals surface area contributed by atoms with Crippen LogP contribution in [0, 0.1) is 25.7 Å². The first-order valence-corrected chi connectivity index (χ1v) is 9.84. The number of pyridine rings is 1. The largest absolute Gasteiger partial charge is 0.337 e. The van der Waals surface area contributed by atoms with Crippen molar-refractivity contribution < 1.29 is 14.1 Å². The summed E-state index contributed by atoms with van der Waals surface area (Å²) in [7, 11) is 0. The van der Waals surface area contributed by atoms with Gasteiger partial charge in [-0.2, -0.15) is 0 Å². The highest BCUT2D eigenvalue weighted by Gasteiger charge is 2.43. The molecule has 0 radical (unpaired) electrons. The molecular formula is C20H24N4O3. The molecule has 0 aromatic carbocycles. The third-order valence-corrected chi connectivity index (χ3v) is 6.21. The van der Waals surface area contributed by atoms with Gasteiger partial charge in [0.05, 0.1) is 22.6 Å². The number of amides is 2. The maximum Gasteiger partial charge on any atom is 0.258 e. The maximum atomic E-state index is 13.4. The fourth-order valence-electron chi connectivity index (χ4n) is 4.58. The van der Waals surface area contributed by atoms with Crippen molar-refractivity contribution in [1.82, 2.24) is 19.9 Å². The molecule has 7 nitrogen and oxygen atoms in total. The Bertz CT molecular complexity index is 933. The molecule has 6 rings (SSSR count). The molecule has 4 fully saturated rings. The molecule has 2 bridgehead atoms. The van der Waals surface area contributed by atoms with Crippen LogP contribution >= 0.6 is 0 Å². The first kappa shape index (κ1) is 16.7. The van der Waals surface area contributed by atoms with Crippen LogP contribution in [0.15, 0.2) is 10.6 Å². The van der Waals surface area contributed by atoms with E-state index in [2.05, 4.69) is 15.0 Å². The second kappa shape index (κ2) is 6.04. The number of aromatic nitrogens is 2. The van der Waals surface area contributed by atoms with Gasteiger partial charge in [0.15, 0.2) is 0 Å². The van der Waals surface area contributed by atoms with Gasteiger partial charge in [-0.25, -0.2) is 4.98 Å². The number of carbonyl (C=O) groups excluding carboxylic acids is 2. The van der Waals surface area contributed by atoms with E-state index in [0.717, 1.165) is 25.1 Å². The van der Waals surface area contributed by atoms with Gasteiger partial charge in [0.25, 0.3) is 11.6 Å². The predicted octanol–water partition coefficient (Wildman–Crippen LogP) is 2.31. The van der Waals surface area contributed by atoms with Gasteiger partial charge in [0.2, 0.25) is 5.91 Å². The molecule has 3 aliphatic heterocycles. The van der Waals surface area contributed by atoms with Gasteiger partial charge >= 0.3 is 0 Å². The van der Waals surface area contributed by atoms with Gasteiger partial charge in [-0.3, -0.25) is 9.59 Å². The van der Waals surface area contributed by atoms with Crippen molar-refractivity contribution in [1.29, 1.82) is 0 Å². The second-order valence-corrected chi connectivity index (χ2v) is 8.33. The van der Waals surface area contributed by atoms with Crippen molar-refractivity contribution in [3.63, 3.8) is 0 Å². The summed E-state index contributed by atoms with van der Waals surface area (Å²) in [6.45, 7) is 5.66. The minimum atomic E-state index is -0.0755. The lowest BCUT2D eigenvalue weighted by molar-refractivity contribution is -0.140. The SMILES string of the molecule is Cc1cc(C(=O)N2C[C@@H]3CC[C@H](C2)N(CC2CC2)C3=O)c2c(C)noc2n1. The molecule has 142 valence electrons. The standard InChI is InChI=1S/C20H24N4O3/c1-11-7-16(17-12(2)22-27-18(17)21-11)20(26)23-9-14-5-6-15(10-23)24(19(14)25)8-13-3-4-13/h7,13-15H,3-6,8-10H2,1-2H3/t14-,15+/m0/s1. The van der Waals surface area contributed by atoms with Gasteiger partial charge < -0.3 is 14.3 Å². The summed E-state index contributed by atoms with van der Waals surface area (Å²) >= 11 is 0. The lowest BCUT2D eigenvalue weighted by Crippen LogP contribution is -2.48. The normalized spacial score (nSPS) is 25.3. The van der Waals surface area contributed by atoms with E-state index in [1.54, 1.807) is 0 Å². The average Bonchev–Trinajstić information content (AvgIpc) is 3.44. The van der Waals surface area contributed by atoms with E-state index >= 15 is 0 Å². The molecule has 0 unspecified atom stereocenters. The predicted molar refractivity (Wildman–Crippen MR) is 98.1 cm³/mol. The van der Waals surface area contributed by atoms with E-state index in [4.69, 9.17) is 4.52 Å². The van der Waals surface area contributed by atoms with Crippen molar-refractivity contribution in [2.24, 2.45) is 11.8 Å². The number of carbonyl (C=O) groups is 2. The topological polar surface area (TPSA) is 79.5 Å². The fraction of sp³-hybridized carbons (Fsp3) is 0.600. The lowest BCUT2D eigenvalue weighted by Gasteiger charge is -2.36. The molecule has 7 heteroatoms. The zero-order chi connectivity index (χ0) is 18.7. The Kier molecular flexibility index (Phi) is 3.74. The zero-order valence-corrected chi connectivity index (χ0v) is 15.8. The quantitative estimate of drug-likeness (QED) is 0.831. The maximum absolute atomic E-state index is 13.4. The van der Waals surface area contributed by atoms with E-state index in [1.807, 2.05) is 24.8 Å². The summed E-state index contributed by atoms with van der Waals surface area (Å²) < 4.78 is 5.28. The van der Waals surface area contributed by atoms with Crippen LogP contribution in [0.25, 0.3) is 11.1 Å². The minimum Gasteiger partial charge on any atom is -0.337 e. The molecule has 2 amide bonds. The van der Waals surface area contributed by atoms with Crippen LogP contribution in [0.2, 0.25) is 0 Å². The molecule has 1 aliphatic carbocycles. The van der Waals surface area contributed by atoms with E-state index < -0.39 is 0 Å². The fourth-order valence-corrected chi connectivity index (χ4v) is 4.58. The van der Waals surface area contributed by atoms with Crippen LogP contribution in [0.1, 0.15) is 47.4 Å². The first-order chi connectivity index (χ1) is 13.0. The van der Waals surface area contributed by atoms with Crippen LogP contribution in [-0.4, -0.2) is 57.4 Å². The molecule has 27 heavy (non-hydrogen) atoms. The molecule has 5 heterocycles. The Labute approximate surface area is 157 Å². The van der Waals surface area contributed by atoms with Crippen LogP contribution < -0.4 is 0 Å². The molecule has 0 spiro atoms. The smallest absolute Gasteiger partial charge is 0.258 e. The molecule has 0 N–H and O–H groups in total. The summed E-state index contributed by atoms with van der Waals surface area (Å²) in [6.07, 6.45) is 4.32. The number of aryl methyl sites for hydroxylation is 2. The Morgan fingerprint density at radius 2 is 2.04 bits per heavy atom. The van der Waals surface area contributed by atoms with Crippen LogP contribution in [0.4, 0.5) is 0 Å². The highest BCUT2D eigenvalue weighted by molar-refractivity contribution is 6.06. The monoisotopic (exact) mass is 368 g/mol. The summed E-state index contributed by atoms with van der Waals surface area (Å²) in [5.41, 5.74) is 2.38. The van der Waals surface area contributed by atoms with Gasteiger partial charge in [0.1, 0.15) is 0 Å². The summed E-state index contributed by atoms with van der Waals surface area (Å²) in [5.74, 6) is 0.786. The van der Waals surface area contributed by atoms with Crippen molar-refractivity contribution in [2.75, 3.05) is 19.6 Å². The van der Waals surface area contributed by atoms with Gasteiger partial charge in [-0.1, -0.05) is 5.16 Å². The van der Waals surface area contributed by atoms with E-state index in [9.17, 15) is 9.59 Å². The molecule has 1 saturated carbocycles. The zero-order valence-electron chi connectivity index (χ0n) is 15.8. The third-order valence-electron chi connectivity index (χ3n) is 6.21. The number of piperidine rings is 1. The van der Waals surface area contributed by atoms with Crippen molar-refractivity contribution in [3.8, 4) is 0 Å². The molecule has 2 atom stereocenters. The molecule has 2 aromatic rings. The molecule has 4 aliphatic rings. The van der Waals surface area contributed by atoms with Gasteiger partial charge in [0, 0.05) is 31.4 Å². The van der Waals surface area contributed by atoms with Crippen molar-refractivity contribution >= 4 is 22.9 Å². The highest BCUT2D eigenvalue weighted by Crippen LogP contribution is 2.36. The summed E-state index contributed by atoms with van der Waals surface area (Å²) in [5, 5.41) is 4.66.